The quantitative estimate of drug-likeness (QED) is 0.817. The number of alkyl halides is 3. The fraction of sp³-hybridized carbons (Fsp3) is 0.500. The van der Waals surface area contributed by atoms with Crippen molar-refractivity contribution >= 4 is 17.2 Å². The molecular formula is C16H17F3N2O4S. The van der Waals surface area contributed by atoms with E-state index in [1.165, 1.54) is 11.4 Å². The van der Waals surface area contributed by atoms with Crippen molar-refractivity contribution in [3.63, 3.8) is 0 Å². The molecule has 1 aliphatic rings. The maximum atomic E-state index is 12.8. The van der Waals surface area contributed by atoms with Gasteiger partial charge < -0.3 is 19.3 Å². The van der Waals surface area contributed by atoms with Crippen molar-refractivity contribution in [1.29, 1.82) is 0 Å². The average molecular weight is 390 g/mol. The smallest absolute Gasteiger partial charge is 0.420 e. The second kappa shape index (κ2) is 8.09. The Balaban J connectivity index is 1.51. The molecule has 10 heteroatoms. The highest BCUT2D eigenvalue weighted by molar-refractivity contribution is 7.12. The Labute approximate surface area is 151 Å². The van der Waals surface area contributed by atoms with Gasteiger partial charge in [-0.25, -0.2) is 0 Å². The van der Waals surface area contributed by atoms with Crippen LogP contribution in [0.4, 0.5) is 13.2 Å². The SMILES string of the molecule is O=C(NCC1CCOCC1)c1cc(COc2sccc2C(F)(F)F)on1. The van der Waals surface area contributed by atoms with Gasteiger partial charge in [-0.05, 0) is 30.2 Å². The molecule has 6 nitrogen and oxygen atoms in total. The highest BCUT2D eigenvalue weighted by Crippen LogP contribution is 2.40. The lowest BCUT2D eigenvalue weighted by Gasteiger charge is -2.21. The number of hydrogen-bond donors (Lipinski definition) is 1. The minimum Gasteiger partial charge on any atom is -0.475 e. The number of hydrogen-bond acceptors (Lipinski definition) is 6. The van der Waals surface area contributed by atoms with Crippen LogP contribution in [0.5, 0.6) is 5.06 Å². The third-order valence-electron chi connectivity index (χ3n) is 3.96. The summed E-state index contributed by atoms with van der Waals surface area (Å²) in [5, 5.41) is 7.47. The molecule has 1 fully saturated rings. The lowest BCUT2D eigenvalue weighted by atomic mass is 10.0. The van der Waals surface area contributed by atoms with Gasteiger partial charge >= 0.3 is 6.18 Å². The zero-order valence-corrected chi connectivity index (χ0v) is 14.5. The van der Waals surface area contributed by atoms with Gasteiger partial charge in [-0.3, -0.25) is 4.79 Å². The molecule has 0 aliphatic carbocycles. The normalized spacial score (nSPS) is 15.8. The first-order valence-corrected chi connectivity index (χ1v) is 8.90. The molecule has 0 atom stereocenters. The maximum Gasteiger partial charge on any atom is 0.420 e. The van der Waals surface area contributed by atoms with Gasteiger partial charge in [-0.2, -0.15) is 13.2 Å². The van der Waals surface area contributed by atoms with Crippen LogP contribution in [0.25, 0.3) is 0 Å². The highest BCUT2D eigenvalue weighted by atomic mass is 32.1. The van der Waals surface area contributed by atoms with E-state index in [9.17, 15) is 18.0 Å². The van der Waals surface area contributed by atoms with E-state index in [0.717, 1.165) is 30.2 Å². The number of nitrogens with one attached hydrogen (secondary N) is 1. The summed E-state index contributed by atoms with van der Waals surface area (Å²) in [6.45, 7) is 1.65. The first kappa shape index (κ1) is 18.7. The van der Waals surface area contributed by atoms with Crippen LogP contribution < -0.4 is 10.1 Å². The van der Waals surface area contributed by atoms with Gasteiger partial charge in [0.05, 0.1) is 0 Å². The van der Waals surface area contributed by atoms with E-state index in [0.29, 0.717) is 25.7 Å². The second-order valence-corrected chi connectivity index (χ2v) is 6.73. The lowest BCUT2D eigenvalue weighted by molar-refractivity contribution is -0.138. The van der Waals surface area contributed by atoms with Crippen LogP contribution in [0.15, 0.2) is 22.0 Å². The maximum absolute atomic E-state index is 12.8. The highest BCUT2D eigenvalue weighted by Gasteiger charge is 2.35. The molecule has 2 aromatic rings. The molecule has 0 unspecified atom stereocenters. The molecule has 3 rings (SSSR count). The van der Waals surface area contributed by atoms with Crippen molar-refractivity contribution < 1.29 is 32.0 Å². The van der Waals surface area contributed by atoms with E-state index in [4.69, 9.17) is 14.0 Å². The number of amides is 1. The summed E-state index contributed by atoms with van der Waals surface area (Å²) in [4.78, 5) is 12.1. The summed E-state index contributed by atoms with van der Waals surface area (Å²) in [5.41, 5.74) is -0.769. The molecule has 1 aliphatic heterocycles. The number of aromatic nitrogens is 1. The van der Waals surface area contributed by atoms with Crippen molar-refractivity contribution in [3.8, 4) is 5.06 Å². The van der Waals surface area contributed by atoms with Gasteiger partial charge in [0.2, 0.25) is 0 Å². The molecule has 1 amide bonds. The summed E-state index contributed by atoms with van der Waals surface area (Å²) in [5.74, 6) is 0.142. The third kappa shape index (κ3) is 4.76. The summed E-state index contributed by atoms with van der Waals surface area (Å²) in [6.07, 6.45) is -2.70. The van der Waals surface area contributed by atoms with Crippen LogP contribution in [-0.2, 0) is 17.5 Å². The molecule has 0 aromatic carbocycles. The van der Waals surface area contributed by atoms with Crippen LogP contribution >= 0.6 is 11.3 Å². The number of rotatable bonds is 6. The van der Waals surface area contributed by atoms with E-state index in [2.05, 4.69) is 10.5 Å². The van der Waals surface area contributed by atoms with Crippen LogP contribution in [0.3, 0.4) is 0 Å². The molecule has 26 heavy (non-hydrogen) atoms. The Morgan fingerprint density at radius 1 is 1.38 bits per heavy atom. The average Bonchev–Trinajstić information content (AvgIpc) is 3.27. The molecule has 0 bridgehead atoms. The Bertz CT molecular complexity index is 738. The number of ether oxygens (including phenoxy) is 2. The Kier molecular flexibility index (Phi) is 5.82. The van der Waals surface area contributed by atoms with Gasteiger partial charge in [0, 0.05) is 25.8 Å². The minimum atomic E-state index is -4.48. The predicted octanol–water partition coefficient (Wildman–Crippen LogP) is 3.49. The van der Waals surface area contributed by atoms with Crippen LogP contribution in [0, 0.1) is 5.92 Å². The van der Waals surface area contributed by atoms with Crippen molar-refractivity contribution in [2.75, 3.05) is 19.8 Å². The molecule has 3 heterocycles. The van der Waals surface area contributed by atoms with Crippen molar-refractivity contribution in [1.82, 2.24) is 10.5 Å². The molecule has 2 aromatic heterocycles. The van der Waals surface area contributed by atoms with E-state index in [1.54, 1.807) is 0 Å². The number of halogens is 3. The number of thiophene rings is 1. The molecule has 0 spiro atoms. The Morgan fingerprint density at radius 2 is 2.15 bits per heavy atom. The summed E-state index contributed by atoms with van der Waals surface area (Å²) < 4.78 is 53.7. The van der Waals surface area contributed by atoms with E-state index in [-0.39, 0.29) is 23.1 Å². The van der Waals surface area contributed by atoms with E-state index >= 15 is 0 Å². The van der Waals surface area contributed by atoms with Gasteiger partial charge in [0.25, 0.3) is 5.91 Å². The number of carbonyl (C=O) groups is 1. The van der Waals surface area contributed by atoms with Crippen molar-refractivity contribution in [2.24, 2.45) is 5.92 Å². The number of carbonyl (C=O) groups excluding carboxylic acids is 1. The van der Waals surface area contributed by atoms with Crippen molar-refractivity contribution in [2.45, 2.75) is 25.6 Å². The molecular weight excluding hydrogens is 373 g/mol. The molecule has 1 saturated heterocycles. The first-order chi connectivity index (χ1) is 12.4. The van der Waals surface area contributed by atoms with Gasteiger partial charge in [0.15, 0.2) is 16.5 Å². The second-order valence-electron chi connectivity index (χ2n) is 5.85. The first-order valence-electron chi connectivity index (χ1n) is 8.02. The predicted molar refractivity (Wildman–Crippen MR) is 86.0 cm³/mol. The lowest BCUT2D eigenvalue weighted by Crippen LogP contribution is -2.32. The van der Waals surface area contributed by atoms with Gasteiger partial charge in [-0.1, -0.05) is 5.16 Å². The van der Waals surface area contributed by atoms with Crippen molar-refractivity contribution in [3.05, 3.63) is 34.5 Å². The zero-order valence-electron chi connectivity index (χ0n) is 13.7. The molecule has 1 N–H and O–H groups in total. The van der Waals surface area contributed by atoms with Crippen LogP contribution in [0.2, 0.25) is 0 Å². The van der Waals surface area contributed by atoms with Crippen LogP contribution in [-0.4, -0.2) is 30.8 Å². The van der Waals surface area contributed by atoms with Gasteiger partial charge in [0.1, 0.15) is 12.2 Å². The molecule has 0 saturated carbocycles. The van der Waals surface area contributed by atoms with E-state index in [1.807, 2.05) is 0 Å². The molecule has 142 valence electrons. The van der Waals surface area contributed by atoms with E-state index < -0.39 is 17.6 Å². The Morgan fingerprint density at radius 3 is 2.88 bits per heavy atom. The topological polar surface area (TPSA) is 73.6 Å². The third-order valence-corrected chi connectivity index (χ3v) is 4.79. The minimum absolute atomic E-state index is 0.0675. The van der Waals surface area contributed by atoms with Crippen LogP contribution in [0.1, 0.15) is 34.7 Å². The largest absolute Gasteiger partial charge is 0.475 e. The summed E-state index contributed by atoms with van der Waals surface area (Å²) >= 11 is 0.839. The molecule has 0 radical (unpaired) electrons. The zero-order chi connectivity index (χ0) is 18.6. The Hall–Kier alpha value is -2.07. The fourth-order valence-corrected chi connectivity index (χ4v) is 3.29. The summed E-state index contributed by atoms with van der Waals surface area (Å²) in [7, 11) is 0. The number of nitrogens with zero attached hydrogens (tertiary/aromatic N) is 1. The standard InChI is InChI=1S/C16H17F3N2O4S/c17-16(18,19)12-3-6-26-15(12)24-9-11-7-13(21-25-11)14(22)20-8-10-1-4-23-5-2-10/h3,6-7,10H,1-2,4-5,8-9H2,(H,20,22). The summed E-state index contributed by atoms with van der Waals surface area (Å²) in [6, 6.07) is 2.32. The fourth-order valence-electron chi connectivity index (χ4n) is 2.52. The van der Waals surface area contributed by atoms with Gasteiger partial charge in [-0.15, -0.1) is 11.3 Å². The monoisotopic (exact) mass is 390 g/mol.